The minimum absolute atomic E-state index is 0.0807. The number of anilines is 3. The van der Waals surface area contributed by atoms with E-state index in [1.165, 1.54) is 5.56 Å². The minimum atomic E-state index is 0.0807. The molecule has 2 aliphatic heterocycles. The summed E-state index contributed by atoms with van der Waals surface area (Å²) in [7, 11) is 4.27. The summed E-state index contributed by atoms with van der Waals surface area (Å²) in [5.41, 5.74) is 10.2. The van der Waals surface area contributed by atoms with E-state index in [0.717, 1.165) is 36.6 Å². The molecule has 2 atom stereocenters. The summed E-state index contributed by atoms with van der Waals surface area (Å²) in [6, 6.07) is 4.63. The van der Waals surface area contributed by atoms with Crippen LogP contribution in [0.15, 0.2) is 12.1 Å². The zero-order valence-electron chi connectivity index (χ0n) is 13.0. The molecule has 0 saturated carbocycles. The summed E-state index contributed by atoms with van der Waals surface area (Å²) >= 11 is 0. The van der Waals surface area contributed by atoms with Gasteiger partial charge in [-0.05, 0) is 44.1 Å². The van der Waals surface area contributed by atoms with Crippen molar-refractivity contribution < 1.29 is 4.79 Å². The van der Waals surface area contributed by atoms with Crippen molar-refractivity contribution in [2.24, 2.45) is 5.92 Å². The lowest BCUT2D eigenvalue weighted by atomic mass is 10.0. The highest BCUT2D eigenvalue weighted by Gasteiger charge is 2.32. The Kier molecular flexibility index (Phi) is 3.53. The van der Waals surface area contributed by atoms with Crippen LogP contribution in [0.4, 0.5) is 17.1 Å². The van der Waals surface area contributed by atoms with Crippen LogP contribution in [0.25, 0.3) is 0 Å². The van der Waals surface area contributed by atoms with Gasteiger partial charge in [0.15, 0.2) is 0 Å². The summed E-state index contributed by atoms with van der Waals surface area (Å²) in [6.45, 7) is 4.32. The molecule has 5 heteroatoms. The van der Waals surface area contributed by atoms with Gasteiger partial charge in [-0.1, -0.05) is 6.92 Å². The molecular weight excluding hydrogens is 264 g/mol. The average molecular weight is 288 g/mol. The molecule has 1 fully saturated rings. The number of fused-ring (bicyclic) bond motifs is 1. The van der Waals surface area contributed by atoms with Gasteiger partial charge in [0.1, 0.15) is 0 Å². The minimum Gasteiger partial charge on any atom is -0.397 e. The van der Waals surface area contributed by atoms with Crippen molar-refractivity contribution in [3.05, 3.63) is 17.7 Å². The van der Waals surface area contributed by atoms with Crippen LogP contribution in [0.5, 0.6) is 0 Å². The second kappa shape index (κ2) is 5.22. The third-order valence-electron chi connectivity index (χ3n) is 4.72. The van der Waals surface area contributed by atoms with Gasteiger partial charge in [-0.25, -0.2) is 0 Å². The van der Waals surface area contributed by atoms with Crippen LogP contribution in [0, 0.1) is 5.92 Å². The monoisotopic (exact) mass is 288 g/mol. The van der Waals surface area contributed by atoms with E-state index in [2.05, 4.69) is 42.2 Å². The average Bonchev–Trinajstić information content (AvgIpc) is 2.80. The normalized spacial score (nSPS) is 25.1. The number of carbonyl (C=O) groups is 1. The highest BCUT2D eigenvalue weighted by Crippen LogP contribution is 2.36. The molecule has 21 heavy (non-hydrogen) atoms. The molecule has 0 aromatic heterocycles. The molecule has 0 radical (unpaired) electrons. The number of benzene rings is 1. The molecular formula is C16H24N4O. The maximum absolute atomic E-state index is 11.5. The summed E-state index contributed by atoms with van der Waals surface area (Å²) in [6.07, 6.45) is 1.36. The van der Waals surface area contributed by atoms with Gasteiger partial charge in [-0.3, -0.25) is 4.79 Å². The Morgan fingerprint density at radius 1 is 1.29 bits per heavy atom. The number of rotatable bonds is 2. The first-order valence-corrected chi connectivity index (χ1v) is 7.59. The number of nitrogen functional groups attached to an aromatic ring is 1. The van der Waals surface area contributed by atoms with Crippen molar-refractivity contribution in [2.75, 3.05) is 43.1 Å². The Morgan fingerprint density at radius 3 is 2.71 bits per heavy atom. The first kappa shape index (κ1) is 14.2. The zero-order chi connectivity index (χ0) is 15.1. The topological polar surface area (TPSA) is 61.6 Å². The maximum atomic E-state index is 11.5. The number of likely N-dealkylation sites (N-methyl/N-ethyl adjacent to an activating group) is 1. The molecule has 2 unspecified atom stereocenters. The fraction of sp³-hybridized carbons (Fsp3) is 0.562. The fourth-order valence-corrected chi connectivity index (χ4v) is 3.52. The van der Waals surface area contributed by atoms with Crippen LogP contribution < -0.4 is 16.0 Å². The number of nitrogens with zero attached hydrogens (tertiary/aromatic N) is 2. The second-order valence-electron chi connectivity index (χ2n) is 6.53. The SMILES string of the molecule is CC1CN(c2cc3c(cc2N)NC(=O)CC3)CC1N(C)C. The van der Waals surface area contributed by atoms with E-state index in [-0.39, 0.29) is 5.91 Å². The van der Waals surface area contributed by atoms with E-state index in [1.807, 2.05) is 6.07 Å². The lowest BCUT2D eigenvalue weighted by molar-refractivity contribution is -0.116. The van der Waals surface area contributed by atoms with Gasteiger partial charge in [0.2, 0.25) is 5.91 Å². The number of aryl methyl sites for hydroxylation is 1. The predicted octanol–water partition coefficient (Wildman–Crippen LogP) is 1.54. The van der Waals surface area contributed by atoms with E-state index >= 15 is 0 Å². The molecule has 5 nitrogen and oxygen atoms in total. The van der Waals surface area contributed by atoms with Gasteiger partial charge in [-0.15, -0.1) is 0 Å². The summed E-state index contributed by atoms with van der Waals surface area (Å²) < 4.78 is 0. The van der Waals surface area contributed by atoms with Crippen LogP contribution in [-0.4, -0.2) is 44.0 Å². The van der Waals surface area contributed by atoms with Crippen molar-refractivity contribution >= 4 is 23.0 Å². The van der Waals surface area contributed by atoms with Gasteiger partial charge in [-0.2, -0.15) is 0 Å². The molecule has 1 aromatic carbocycles. The number of hydrogen-bond donors (Lipinski definition) is 2. The van der Waals surface area contributed by atoms with Crippen molar-refractivity contribution in [3.63, 3.8) is 0 Å². The van der Waals surface area contributed by atoms with Crippen LogP contribution >= 0.6 is 0 Å². The van der Waals surface area contributed by atoms with E-state index in [4.69, 9.17) is 5.73 Å². The number of hydrogen-bond acceptors (Lipinski definition) is 4. The van der Waals surface area contributed by atoms with Gasteiger partial charge in [0.05, 0.1) is 11.4 Å². The van der Waals surface area contributed by atoms with Crippen molar-refractivity contribution in [1.29, 1.82) is 0 Å². The first-order valence-electron chi connectivity index (χ1n) is 7.59. The van der Waals surface area contributed by atoms with E-state index in [0.29, 0.717) is 18.4 Å². The van der Waals surface area contributed by atoms with E-state index < -0.39 is 0 Å². The van der Waals surface area contributed by atoms with Crippen LogP contribution in [0.2, 0.25) is 0 Å². The third-order valence-corrected chi connectivity index (χ3v) is 4.72. The quantitative estimate of drug-likeness (QED) is 0.810. The molecule has 114 valence electrons. The molecule has 0 aliphatic carbocycles. The summed E-state index contributed by atoms with van der Waals surface area (Å²) in [4.78, 5) is 16.1. The maximum Gasteiger partial charge on any atom is 0.224 e. The van der Waals surface area contributed by atoms with Gasteiger partial charge < -0.3 is 20.9 Å². The summed E-state index contributed by atoms with van der Waals surface area (Å²) in [5, 5.41) is 2.91. The van der Waals surface area contributed by atoms with Crippen molar-refractivity contribution in [3.8, 4) is 0 Å². The molecule has 0 bridgehead atoms. The molecule has 2 aliphatic rings. The number of carbonyl (C=O) groups excluding carboxylic acids is 1. The Balaban J connectivity index is 1.88. The zero-order valence-corrected chi connectivity index (χ0v) is 13.0. The van der Waals surface area contributed by atoms with Crippen LogP contribution in [0.3, 0.4) is 0 Å². The second-order valence-corrected chi connectivity index (χ2v) is 6.53. The van der Waals surface area contributed by atoms with Gasteiger partial charge in [0, 0.05) is 31.2 Å². The Bertz CT molecular complexity index is 570. The van der Waals surface area contributed by atoms with Gasteiger partial charge >= 0.3 is 0 Å². The number of nitrogens with two attached hydrogens (primary N) is 1. The Labute approximate surface area is 126 Å². The molecule has 1 saturated heterocycles. The number of amides is 1. The molecule has 1 amide bonds. The van der Waals surface area contributed by atoms with Gasteiger partial charge in [0.25, 0.3) is 0 Å². The Morgan fingerprint density at radius 2 is 2.05 bits per heavy atom. The van der Waals surface area contributed by atoms with Crippen LogP contribution in [-0.2, 0) is 11.2 Å². The van der Waals surface area contributed by atoms with E-state index in [1.54, 1.807) is 0 Å². The molecule has 3 N–H and O–H groups in total. The van der Waals surface area contributed by atoms with Crippen LogP contribution in [0.1, 0.15) is 18.9 Å². The van der Waals surface area contributed by atoms with Crippen molar-refractivity contribution in [2.45, 2.75) is 25.8 Å². The first-order chi connectivity index (χ1) is 9.95. The third kappa shape index (κ3) is 2.58. The lowest BCUT2D eigenvalue weighted by Gasteiger charge is -2.26. The smallest absolute Gasteiger partial charge is 0.224 e. The molecule has 1 aromatic rings. The van der Waals surface area contributed by atoms with E-state index in [9.17, 15) is 4.79 Å². The highest BCUT2D eigenvalue weighted by molar-refractivity contribution is 5.95. The predicted molar refractivity (Wildman–Crippen MR) is 86.7 cm³/mol. The molecule has 3 rings (SSSR count). The Hall–Kier alpha value is -1.75. The molecule has 0 spiro atoms. The molecule has 2 heterocycles. The fourth-order valence-electron chi connectivity index (χ4n) is 3.52. The number of nitrogens with one attached hydrogen (secondary N) is 1. The van der Waals surface area contributed by atoms with Crippen molar-refractivity contribution in [1.82, 2.24) is 4.90 Å². The lowest BCUT2D eigenvalue weighted by Crippen LogP contribution is -2.34. The highest BCUT2D eigenvalue weighted by atomic mass is 16.1. The summed E-state index contributed by atoms with van der Waals surface area (Å²) in [5.74, 6) is 0.701. The largest absolute Gasteiger partial charge is 0.397 e. The standard InChI is InChI=1S/C16H24N4O/c1-10-8-20(9-15(10)19(2)3)14-6-11-4-5-16(21)18-13(11)7-12(14)17/h6-7,10,15H,4-5,8-9,17H2,1-3H3,(H,18,21).